The molecule has 2 aromatic carbocycles. The zero-order valence-electron chi connectivity index (χ0n) is 10.5. The highest BCUT2D eigenvalue weighted by Gasteiger charge is 2.27. The lowest BCUT2D eigenvalue weighted by atomic mass is 10.00. The predicted molar refractivity (Wildman–Crippen MR) is 82.3 cm³/mol. The molecule has 3 rings (SSSR count). The smallest absolute Gasteiger partial charge is 0.161 e. The van der Waals surface area contributed by atoms with E-state index in [0.29, 0.717) is 22.2 Å². The summed E-state index contributed by atoms with van der Waals surface area (Å²) in [5, 5.41) is 5.31. The number of oxime groups is 1. The molecule has 1 aliphatic rings. The molecule has 0 aliphatic carbocycles. The van der Waals surface area contributed by atoms with Crippen molar-refractivity contribution in [3.63, 3.8) is 0 Å². The van der Waals surface area contributed by atoms with Crippen molar-refractivity contribution >= 4 is 34.6 Å². The van der Waals surface area contributed by atoms with Crippen molar-refractivity contribution in [1.82, 2.24) is 0 Å². The number of hydrogen-bond donors (Lipinski definition) is 1. The number of nitrogen functional groups attached to an aromatic ring is 1. The zero-order valence-corrected chi connectivity index (χ0v) is 12.0. The highest BCUT2D eigenvalue weighted by atomic mass is 35.5. The second-order valence-electron chi connectivity index (χ2n) is 4.60. The van der Waals surface area contributed by atoms with Crippen molar-refractivity contribution in [1.29, 1.82) is 0 Å². The number of nitrogens with two attached hydrogens (primary N) is 1. The lowest BCUT2D eigenvalue weighted by Gasteiger charge is -2.12. The third-order valence-electron chi connectivity index (χ3n) is 3.21. The Morgan fingerprint density at radius 3 is 2.50 bits per heavy atom. The zero-order chi connectivity index (χ0) is 14.1. The Morgan fingerprint density at radius 1 is 1.10 bits per heavy atom. The standard InChI is InChI=1S/C15H12Cl2N2O/c16-11-5-2-6-12(17)15(11)14-8-13(19-20-14)9-3-1-4-10(18)7-9/h1-7,14H,8,18H2. The molecule has 1 heterocycles. The van der Waals surface area contributed by atoms with Crippen molar-refractivity contribution in [2.75, 3.05) is 5.73 Å². The minimum atomic E-state index is -0.257. The van der Waals surface area contributed by atoms with Gasteiger partial charge in [0.1, 0.15) is 0 Å². The highest BCUT2D eigenvalue weighted by Crippen LogP contribution is 2.38. The first-order chi connectivity index (χ1) is 9.65. The van der Waals surface area contributed by atoms with Gasteiger partial charge in [0.25, 0.3) is 0 Å². The maximum absolute atomic E-state index is 6.19. The molecular formula is C15H12Cl2N2O. The molecule has 5 heteroatoms. The van der Waals surface area contributed by atoms with Crippen molar-refractivity contribution in [3.05, 3.63) is 63.6 Å². The van der Waals surface area contributed by atoms with E-state index in [4.69, 9.17) is 33.8 Å². The van der Waals surface area contributed by atoms with Crippen molar-refractivity contribution < 1.29 is 4.84 Å². The monoisotopic (exact) mass is 306 g/mol. The number of benzene rings is 2. The van der Waals surface area contributed by atoms with E-state index in [1.54, 1.807) is 12.1 Å². The van der Waals surface area contributed by atoms with Crippen LogP contribution in [0.3, 0.4) is 0 Å². The molecule has 1 unspecified atom stereocenters. The van der Waals surface area contributed by atoms with Gasteiger partial charge in [0.15, 0.2) is 6.10 Å². The second kappa shape index (κ2) is 5.35. The summed E-state index contributed by atoms with van der Waals surface area (Å²) < 4.78 is 0. The lowest BCUT2D eigenvalue weighted by Crippen LogP contribution is -2.03. The molecule has 0 radical (unpaired) electrons. The third kappa shape index (κ3) is 2.47. The van der Waals surface area contributed by atoms with Crippen LogP contribution in [0.15, 0.2) is 47.6 Å². The maximum Gasteiger partial charge on any atom is 0.161 e. The van der Waals surface area contributed by atoms with Crippen LogP contribution in [0.1, 0.15) is 23.7 Å². The van der Waals surface area contributed by atoms with Gasteiger partial charge in [-0.3, -0.25) is 0 Å². The number of halogens is 2. The molecule has 0 saturated heterocycles. The molecule has 1 atom stereocenters. The van der Waals surface area contributed by atoms with Gasteiger partial charge in [-0.1, -0.05) is 46.6 Å². The number of hydrogen-bond acceptors (Lipinski definition) is 3. The molecule has 0 bridgehead atoms. The van der Waals surface area contributed by atoms with Crippen LogP contribution in [0, 0.1) is 0 Å². The first kappa shape index (κ1) is 13.3. The van der Waals surface area contributed by atoms with E-state index in [9.17, 15) is 0 Å². The summed E-state index contributed by atoms with van der Waals surface area (Å²) in [5.41, 5.74) is 9.06. The van der Waals surface area contributed by atoms with Crippen molar-refractivity contribution in [2.45, 2.75) is 12.5 Å². The van der Waals surface area contributed by atoms with Crippen LogP contribution in [-0.2, 0) is 4.84 Å². The molecule has 3 nitrogen and oxygen atoms in total. The van der Waals surface area contributed by atoms with Crippen LogP contribution in [0.4, 0.5) is 5.69 Å². The van der Waals surface area contributed by atoms with Crippen LogP contribution in [-0.4, -0.2) is 5.71 Å². The van der Waals surface area contributed by atoms with Crippen LogP contribution in [0.25, 0.3) is 0 Å². The largest absolute Gasteiger partial charge is 0.399 e. The first-order valence-corrected chi connectivity index (χ1v) is 6.93. The molecule has 2 N–H and O–H groups in total. The van der Waals surface area contributed by atoms with Gasteiger partial charge in [-0.05, 0) is 24.3 Å². The van der Waals surface area contributed by atoms with Gasteiger partial charge in [-0.15, -0.1) is 0 Å². The van der Waals surface area contributed by atoms with Gasteiger partial charge < -0.3 is 10.6 Å². The van der Waals surface area contributed by atoms with E-state index in [1.165, 1.54) is 0 Å². The molecule has 0 amide bonds. The first-order valence-electron chi connectivity index (χ1n) is 6.17. The Hall–Kier alpha value is -1.71. The molecule has 102 valence electrons. The molecule has 0 fully saturated rings. The fraction of sp³-hybridized carbons (Fsp3) is 0.133. The van der Waals surface area contributed by atoms with Gasteiger partial charge >= 0.3 is 0 Å². The van der Waals surface area contributed by atoms with E-state index in [2.05, 4.69) is 5.16 Å². The Kier molecular flexibility index (Phi) is 3.55. The highest BCUT2D eigenvalue weighted by molar-refractivity contribution is 6.36. The van der Waals surface area contributed by atoms with E-state index >= 15 is 0 Å². The summed E-state index contributed by atoms with van der Waals surface area (Å²) in [4.78, 5) is 5.49. The van der Waals surface area contributed by atoms with Gasteiger partial charge in [-0.2, -0.15) is 0 Å². The Bertz CT molecular complexity index is 665. The lowest BCUT2D eigenvalue weighted by molar-refractivity contribution is 0.0859. The van der Waals surface area contributed by atoms with Gasteiger partial charge in [0, 0.05) is 33.3 Å². The Labute approximate surface area is 126 Å². The Balaban J connectivity index is 1.86. The summed E-state index contributed by atoms with van der Waals surface area (Å²) in [7, 11) is 0. The van der Waals surface area contributed by atoms with Gasteiger partial charge in [-0.25, -0.2) is 0 Å². The van der Waals surface area contributed by atoms with Gasteiger partial charge in [0.05, 0.1) is 5.71 Å². The average molecular weight is 307 g/mol. The Morgan fingerprint density at radius 2 is 1.80 bits per heavy atom. The van der Waals surface area contributed by atoms with E-state index in [1.807, 2.05) is 30.3 Å². The average Bonchev–Trinajstić information content (AvgIpc) is 2.88. The summed E-state index contributed by atoms with van der Waals surface area (Å²) in [6, 6.07) is 13.0. The summed E-state index contributed by atoms with van der Waals surface area (Å²) >= 11 is 12.4. The summed E-state index contributed by atoms with van der Waals surface area (Å²) in [6.45, 7) is 0. The van der Waals surface area contributed by atoms with Gasteiger partial charge in [0.2, 0.25) is 0 Å². The van der Waals surface area contributed by atoms with Crippen molar-refractivity contribution in [3.8, 4) is 0 Å². The summed E-state index contributed by atoms with van der Waals surface area (Å²) in [5.74, 6) is 0. The molecule has 0 aromatic heterocycles. The normalized spacial score (nSPS) is 17.7. The van der Waals surface area contributed by atoms with Crippen molar-refractivity contribution in [2.24, 2.45) is 5.16 Å². The molecular weight excluding hydrogens is 295 g/mol. The fourth-order valence-electron chi connectivity index (χ4n) is 2.24. The molecule has 0 saturated carbocycles. The molecule has 0 spiro atoms. The van der Waals surface area contributed by atoms with Crippen LogP contribution < -0.4 is 5.73 Å². The molecule has 20 heavy (non-hydrogen) atoms. The van der Waals surface area contributed by atoms with Crippen LogP contribution in [0.2, 0.25) is 10.0 Å². The molecule has 1 aliphatic heterocycles. The minimum absolute atomic E-state index is 0.257. The van der Waals surface area contributed by atoms with E-state index < -0.39 is 0 Å². The number of anilines is 1. The number of rotatable bonds is 2. The maximum atomic E-state index is 6.19. The number of nitrogens with zero attached hydrogens (tertiary/aromatic N) is 1. The molecule has 2 aromatic rings. The van der Waals surface area contributed by atoms with Crippen LogP contribution in [0.5, 0.6) is 0 Å². The SMILES string of the molecule is Nc1cccc(C2=NOC(c3c(Cl)cccc3Cl)C2)c1. The topological polar surface area (TPSA) is 47.6 Å². The van der Waals surface area contributed by atoms with E-state index in [0.717, 1.165) is 16.8 Å². The quantitative estimate of drug-likeness (QED) is 0.834. The predicted octanol–water partition coefficient (Wildman–Crippen LogP) is 4.44. The minimum Gasteiger partial charge on any atom is -0.399 e. The fourth-order valence-corrected chi connectivity index (χ4v) is 2.88. The third-order valence-corrected chi connectivity index (χ3v) is 3.87. The van der Waals surface area contributed by atoms with Crippen LogP contribution >= 0.6 is 23.2 Å². The second-order valence-corrected chi connectivity index (χ2v) is 5.41. The summed E-state index contributed by atoms with van der Waals surface area (Å²) in [6.07, 6.45) is 0.361. The van der Waals surface area contributed by atoms with E-state index in [-0.39, 0.29) is 6.10 Å².